The van der Waals surface area contributed by atoms with Gasteiger partial charge in [-0.15, -0.1) is 6.58 Å². The van der Waals surface area contributed by atoms with Crippen LogP contribution in [-0.4, -0.2) is 26.3 Å². The number of benzene rings is 1. The summed E-state index contributed by atoms with van der Waals surface area (Å²) in [6, 6.07) is 8.86. The Kier molecular flexibility index (Phi) is 8.17. The first-order chi connectivity index (χ1) is 17.7. The Morgan fingerprint density at radius 1 is 0.973 bits per heavy atom. The fourth-order valence-electron chi connectivity index (χ4n) is 9.96. The summed E-state index contributed by atoms with van der Waals surface area (Å²) in [4.78, 5) is 2.34. The van der Waals surface area contributed by atoms with Gasteiger partial charge < -0.3 is 9.64 Å². The van der Waals surface area contributed by atoms with Crippen LogP contribution < -0.4 is 4.90 Å². The average Bonchev–Trinajstić information content (AvgIpc) is 3.19. The molecule has 1 aromatic rings. The molecule has 4 aliphatic carbocycles. The second-order valence-electron chi connectivity index (χ2n) is 14.4. The highest BCUT2D eigenvalue weighted by Crippen LogP contribution is 2.67. The van der Waals surface area contributed by atoms with E-state index in [1.165, 1.54) is 93.9 Å². The van der Waals surface area contributed by atoms with Crippen LogP contribution >= 0.6 is 0 Å². The van der Waals surface area contributed by atoms with Crippen molar-refractivity contribution in [1.29, 1.82) is 0 Å². The van der Waals surface area contributed by atoms with Crippen LogP contribution in [0, 0.1) is 47.3 Å². The van der Waals surface area contributed by atoms with Crippen molar-refractivity contribution in [3.8, 4) is 0 Å². The van der Waals surface area contributed by atoms with Crippen molar-refractivity contribution in [1.82, 2.24) is 0 Å². The van der Waals surface area contributed by atoms with Crippen molar-refractivity contribution in [2.75, 3.05) is 25.1 Å². The van der Waals surface area contributed by atoms with Crippen molar-refractivity contribution in [2.24, 2.45) is 40.4 Å². The van der Waals surface area contributed by atoms with Gasteiger partial charge in [0.25, 0.3) is 0 Å². The predicted octanol–water partition coefficient (Wildman–Crippen LogP) is 9.22. The van der Waals surface area contributed by atoms with Crippen molar-refractivity contribution >= 4 is 5.69 Å². The average molecular weight is 506 g/mol. The van der Waals surface area contributed by atoms with E-state index in [4.69, 9.17) is 4.74 Å². The van der Waals surface area contributed by atoms with Gasteiger partial charge in [-0.2, -0.15) is 0 Å². The van der Waals surface area contributed by atoms with Crippen LogP contribution in [0.15, 0.2) is 36.4 Å². The fraction of sp³-hybridized carbons (Fsp3) is 0.771. The number of rotatable bonds is 9. The van der Waals surface area contributed by atoms with Crippen LogP contribution in [0.5, 0.6) is 0 Å². The number of hydrogen-bond donors (Lipinski definition) is 0. The molecule has 37 heavy (non-hydrogen) atoms. The first kappa shape index (κ1) is 27.3. The Hall–Kier alpha value is -1.28. The summed E-state index contributed by atoms with van der Waals surface area (Å²) in [5, 5.41) is 0. The smallest absolute Gasteiger partial charge is 0.0645 e. The lowest BCUT2D eigenvalue weighted by atomic mass is 9.45. The zero-order valence-corrected chi connectivity index (χ0v) is 24.7. The topological polar surface area (TPSA) is 12.5 Å². The Bertz CT molecular complexity index is 922. The molecule has 8 unspecified atom stereocenters. The monoisotopic (exact) mass is 505 g/mol. The van der Waals surface area contributed by atoms with Crippen molar-refractivity contribution in [3.63, 3.8) is 0 Å². The standard InChI is InChI=1S/C35H55NO/c1-25(2)8-7-9-27-18-21-35(5)31(27)17-15-30-32-16-14-29(24-34(32,4)20-19-33(30)35)37-23-22-36(6)28-12-10-26(3)11-13-28/h10-13,27,29-33H,1,7-9,14-24H2,2-6H3. The Labute approximate surface area is 228 Å². The van der Waals surface area contributed by atoms with E-state index in [9.17, 15) is 0 Å². The molecule has 0 aromatic heterocycles. The van der Waals surface area contributed by atoms with Crippen molar-refractivity contribution in [3.05, 3.63) is 42.0 Å². The molecule has 5 rings (SSSR count). The highest BCUT2D eigenvalue weighted by Gasteiger charge is 2.59. The van der Waals surface area contributed by atoms with E-state index >= 15 is 0 Å². The summed E-state index contributed by atoms with van der Waals surface area (Å²) < 4.78 is 6.56. The maximum atomic E-state index is 6.56. The number of fused-ring (bicyclic) bond motifs is 5. The second kappa shape index (κ2) is 11.1. The molecule has 2 heteroatoms. The first-order valence-corrected chi connectivity index (χ1v) is 15.7. The van der Waals surface area contributed by atoms with Gasteiger partial charge in [-0.05, 0) is 143 Å². The summed E-state index contributed by atoms with van der Waals surface area (Å²) in [7, 11) is 2.19. The minimum atomic E-state index is 0.459. The minimum Gasteiger partial charge on any atom is -0.376 e. The molecule has 0 N–H and O–H groups in total. The van der Waals surface area contributed by atoms with Crippen molar-refractivity contribution < 1.29 is 4.74 Å². The SMILES string of the molecule is C=C(C)CCCC1CCC2(C)C1CCC1C3CCC(OCCN(C)c4ccc(C)cc4)CC3(C)CCC12. The largest absolute Gasteiger partial charge is 0.376 e. The summed E-state index contributed by atoms with van der Waals surface area (Å²) in [5.74, 6) is 4.87. The van der Waals surface area contributed by atoms with Gasteiger partial charge in [-0.3, -0.25) is 0 Å². The minimum absolute atomic E-state index is 0.459. The Balaban J connectivity index is 1.14. The van der Waals surface area contributed by atoms with Gasteiger partial charge in [-0.25, -0.2) is 0 Å². The normalized spacial score (nSPS) is 38.9. The van der Waals surface area contributed by atoms with E-state index in [2.05, 4.69) is 70.5 Å². The molecule has 4 saturated carbocycles. The zero-order valence-electron chi connectivity index (χ0n) is 24.7. The maximum Gasteiger partial charge on any atom is 0.0645 e. The van der Waals surface area contributed by atoms with Crippen LogP contribution in [0.25, 0.3) is 0 Å². The lowest BCUT2D eigenvalue weighted by molar-refractivity contribution is -0.132. The van der Waals surface area contributed by atoms with Gasteiger partial charge in [0.15, 0.2) is 0 Å². The van der Waals surface area contributed by atoms with Crippen LogP contribution in [0.4, 0.5) is 5.69 Å². The highest BCUT2D eigenvalue weighted by molar-refractivity contribution is 5.46. The lowest BCUT2D eigenvalue weighted by Gasteiger charge is -2.61. The van der Waals surface area contributed by atoms with E-state index in [0.717, 1.165) is 42.7 Å². The molecule has 4 aliphatic rings. The third-order valence-corrected chi connectivity index (χ3v) is 12.0. The quantitative estimate of drug-likeness (QED) is 0.310. The maximum absolute atomic E-state index is 6.56. The molecule has 8 atom stereocenters. The number of hydrogen-bond acceptors (Lipinski definition) is 2. The van der Waals surface area contributed by atoms with Gasteiger partial charge in [0.05, 0.1) is 12.7 Å². The summed E-state index contributed by atoms with van der Waals surface area (Å²) in [6.45, 7) is 15.7. The molecule has 1 aromatic carbocycles. The number of ether oxygens (including phenoxy) is 1. The van der Waals surface area contributed by atoms with Crippen LogP contribution in [0.1, 0.15) is 103 Å². The highest BCUT2D eigenvalue weighted by atomic mass is 16.5. The van der Waals surface area contributed by atoms with Gasteiger partial charge in [0, 0.05) is 19.3 Å². The second-order valence-corrected chi connectivity index (χ2v) is 14.4. The zero-order chi connectivity index (χ0) is 26.2. The lowest BCUT2D eigenvalue weighted by Crippen LogP contribution is -2.53. The molecular formula is C35H55NO. The summed E-state index contributed by atoms with van der Waals surface area (Å²) >= 11 is 0. The van der Waals surface area contributed by atoms with Crippen LogP contribution in [0.2, 0.25) is 0 Å². The predicted molar refractivity (Wildman–Crippen MR) is 158 cm³/mol. The molecule has 0 saturated heterocycles. The third kappa shape index (κ3) is 5.57. The van der Waals surface area contributed by atoms with E-state index in [1.807, 2.05) is 0 Å². The molecule has 0 aliphatic heterocycles. The summed E-state index contributed by atoms with van der Waals surface area (Å²) in [6.07, 6.45) is 17.4. The first-order valence-electron chi connectivity index (χ1n) is 15.7. The molecule has 0 bridgehead atoms. The molecule has 0 heterocycles. The van der Waals surface area contributed by atoms with Gasteiger partial charge >= 0.3 is 0 Å². The molecule has 0 amide bonds. The van der Waals surface area contributed by atoms with Crippen molar-refractivity contribution in [2.45, 2.75) is 111 Å². The Morgan fingerprint density at radius 2 is 1.73 bits per heavy atom. The molecule has 4 fully saturated rings. The molecule has 206 valence electrons. The molecular weight excluding hydrogens is 450 g/mol. The third-order valence-electron chi connectivity index (χ3n) is 12.0. The van der Waals surface area contributed by atoms with E-state index in [0.29, 0.717) is 16.9 Å². The number of nitrogens with zero attached hydrogens (tertiary/aromatic N) is 1. The number of anilines is 1. The van der Waals surface area contributed by atoms with Gasteiger partial charge in [0.1, 0.15) is 0 Å². The number of aryl methyl sites for hydroxylation is 1. The molecule has 0 spiro atoms. The summed E-state index contributed by atoms with van der Waals surface area (Å²) in [5.41, 5.74) is 5.09. The van der Waals surface area contributed by atoms with E-state index < -0.39 is 0 Å². The number of allylic oxidation sites excluding steroid dienone is 1. The van der Waals surface area contributed by atoms with Gasteiger partial charge in [-0.1, -0.05) is 37.1 Å². The van der Waals surface area contributed by atoms with E-state index in [-0.39, 0.29) is 0 Å². The van der Waals surface area contributed by atoms with E-state index in [1.54, 1.807) is 0 Å². The van der Waals surface area contributed by atoms with Crippen LogP contribution in [-0.2, 0) is 4.74 Å². The van der Waals surface area contributed by atoms with Crippen LogP contribution in [0.3, 0.4) is 0 Å². The fourth-order valence-corrected chi connectivity index (χ4v) is 9.96. The molecule has 2 nitrogen and oxygen atoms in total. The molecule has 0 radical (unpaired) electrons. The van der Waals surface area contributed by atoms with Gasteiger partial charge in [0.2, 0.25) is 0 Å². The Morgan fingerprint density at radius 3 is 2.49 bits per heavy atom. The number of likely N-dealkylation sites (N-methyl/N-ethyl adjacent to an activating group) is 1.